The molecule has 1 aliphatic carbocycles. The Morgan fingerprint density at radius 2 is 1.94 bits per heavy atom. The Bertz CT molecular complexity index is 390. The Kier molecular flexibility index (Phi) is 3.28. The number of aromatic hydroxyl groups is 1. The molecule has 1 N–H and O–H groups in total. The summed E-state index contributed by atoms with van der Waals surface area (Å²) in [7, 11) is 0. The van der Waals surface area contributed by atoms with Crippen LogP contribution in [0.3, 0.4) is 0 Å². The summed E-state index contributed by atoms with van der Waals surface area (Å²) in [5, 5.41) is 9.58. The molecule has 2 heteroatoms. The average Bonchev–Trinajstić information content (AvgIpc) is 2.30. The second kappa shape index (κ2) is 4.69. The van der Waals surface area contributed by atoms with Crippen molar-refractivity contribution in [2.45, 2.75) is 44.9 Å². The van der Waals surface area contributed by atoms with Gasteiger partial charge in [-0.05, 0) is 43.4 Å². The van der Waals surface area contributed by atoms with Crippen LogP contribution in [0.25, 0.3) is 0 Å². The van der Waals surface area contributed by atoms with Gasteiger partial charge in [-0.3, -0.25) is 4.79 Å². The van der Waals surface area contributed by atoms with E-state index >= 15 is 0 Å². The number of carbonyl (C=O) groups excluding carboxylic acids is 1. The first-order valence-electron chi connectivity index (χ1n) is 6.02. The van der Waals surface area contributed by atoms with Crippen molar-refractivity contribution >= 4 is 5.78 Å². The molecule has 0 bridgehead atoms. The third kappa shape index (κ3) is 2.26. The first-order valence-corrected chi connectivity index (χ1v) is 6.02. The highest BCUT2D eigenvalue weighted by atomic mass is 16.3. The maximum atomic E-state index is 11.3. The van der Waals surface area contributed by atoms with E-state index in [-0.39, 0.29) is 11.5 Å². The molecule has 0 unspecified atom stereocenters. The lowest BCUT2D eigenvalue weighted by Gasteiger charge is -2.22. The fraction of sp³-hybridized carbons (Fsp3) is 0.500. The van der Waals surface area contributed by atoms with Gasteiger partial charge in [0.25, 0.3) is 0 Å². The number of ketones is 1. The molecule has 0 radical (unpaired) electrons. The number of phenolic OH excluding ortho intramolecular Hbond substituents is 1. The standard InChI is InChI=1S/C14H18O2/c1-10(15)13-9-12(7-8-14(13)16)11-5-3-2-4-6-11/h7-9,11,16H,2-6H2,1H3. The molecule has 2 rings (SSSR count). The normalized spacial score (nSPS) is 17.3. The summed E-state index contributed by atoms with van der Waals surface area (Å²) in [6.45, 7) is 1.50. The Morgan fingerprint density at radius 1 is 1.25 bits per heavy atom. The Balaban J connectivity index is 2.27. The number of hydrogen-bond donors (Lipinski definition) is 1. The minimum Gasteiger partial charge on any atom is -0.507 e. The van der Waals surface area contributed by atoms with Crippen LogP contribution >= 0.6 is 0 Å². The van der Waals surface area contributed by atoms with E-state index in [1.54, 1.807) is 6.07 Å². The molecule has 0 saturated heterocycles. The van der Waals surface area contributed by atoms with Crippen molar-refractivity contribution in [3.8, 4) is 5.75 Å². The van der Waals surface area contributed by atoms with E-state index in [0.717, 1.165) is 0 Å². The van der Waals surface area contributed by atoms with Gasteiger partial charge in [-0.15, -0.1) is 0 Å². The fourth-order valence-corrected chi connectivity index (χ4v) is 2.53. The van der Waals surface area contributed by atoms with Crippen molar-refractivity contribution in [2.75, 3.05) is 0 Å². The number of hydrogen-bond acceptors (Lipinski definition) is 2. The van der Waals surface area contributed by atoms with Gasteiger partial charge in [0.1, 0.15) is 5.75 Å². The van der Waals surface area contributed by atoms with Crippen LogP contribution in [0.2, 0.25) is 0 Å². The van der Waals surface area contributed by atoms with Gasteiger partial charge in [0.05, 0.1) is 5.56 Å². The van der Waals surface area contributed by atoms with Crippen LogP contribution in [0, 0.1) is 0 Å². The second-order valence-corrected chi connectivity index (χ2v) is 4.67. The third-order valence-electron chi connectivity index (χ3n) is 3.48. The zero-order valence-electron chi connectivity index (χ0n) is 9.70. The highest BCUT2D eigenvalue weighted by Gasteiger charge is 2.17. The zero-order valence-corrected chi connectivity index (χ0v) is 9.70. The fourth-order valence-electron chi connectivity index (χ4n) is 2.53. The molecule has 1 fully saturated rings. The number of benzene rings is 1. The lowest BCUT2D eigenvalue weighted by Crippen LogP contribution is -2.05. The quantitative estimate of drug-likeness (QED) is 0.769. The van der Waals surface area contributed by atoms with E-state index in [2.05, 4.69) is 0 Å². The number of rotatable bonds is 2. The van der Waals surface area contributed by atoms with E-state index in [1.165, 1.54) is 44.6 Å². The Morgan fingerprint density at radius 3 is 2.56 bits per heavy atom. The highest BCUT2D eigenvalue weighted by Crippen LogP contribution is 2.34. The molecule has 0 heterocycles. The van der Waals surface area contributed by atoms with Crippen LogP contribution in [-0.4, -0.2) is 10.9 Å². The van der Waals surface area contributed by atoms with Crippen LogP contribution in [0.15, 0.2) is 18.2 Å². The van der Waals surface area contributed by atoms with Crippen LogP contribution in [0.4, 0.5) is 0 Å². The molecule has 2 nitrogen and oxygen atoms in total. The van der Waals surface area contributed by atoms with Gasteiger partial charge >= 0.3 is 0 Å². The van der Waals surface area contributed by atoms with Gasteiger partial charge < -0.3 is 5.11 Å². The van der Waals surface area contributed by atoms with E-state index in [0.29, 0.717) is 11.5 Å². The first-order chi connectivity index (χ1) is 7.68. The summed E-state index contributed by atoms with van der Waals surface area (Å²) in [5.41, 5.74) is 1.67. The summed E-state index contributed by atoms with van der Waals surface area (Å²) in [4.78, 5) is 11.3. The molecular formula is C14H18O2. The monoisotopic (exact) mass is 218 g/mol. The van der Waals surface area contributed by atoms with Crippen LogP contribution in [0.1, 0.15) is 60.9 Å². The van der Waals surface area contributed by atoms with Gasteiger partial charge in [0.15, 0.2) is 5.78 Å². The maximum absolute atomic E-state index is 11.3. The minimum atomic E-state index is -0.0600. The van der Waals surface area contributed by atoms with Crippen LogP contribution in [-0.2, 0) is 0 Å². The summed E-state index contributed by atoms with van der Waals surface area (Å²) >= 11 is 0. The number of phenols is 1. The van der Waals surface area contributed by atoms with Crippen molar-refractivity contribution in [1.29, 1.82) is 0 Å². The number of carbonyl (C=O) groups is 1. The zero-order chi connectivity index (χ0) is 11.5. The molecule has 1 aliphatic rings. The lowest BCUT2D eigenvalue weighted by atomic mass is 9.83. The summed E-state index contributed by atoms with van der Waals surface area (Å²) < 4.78 is 0. The molecule has 0 amide bonds. The van der Waals surface area contributed by atoms with Crippen molar-refractivity contribution < 1.29 is 9.90 Å². The van der Waals surface area contributed by atoms with Crippen molar-refractivity contribution in [2.24, 2.45) is 0 Å². The van der Waals surface area contributed by atoms with E-state index in [9.17, 15) is 9.90 Å². The van der Waals surface area contributed by atoms with Gasteiger partial charge in [-0.1, -0.05) is 25.3 Å². The van der Waals surface area contributed by atoms with E-state index < -0.39 is 0 Å². The number of Topliss-reactive ketones (excluding diaryl/α,β-unsaturated/α-hetero) is 1. The van der Waals surface area contributed by atoms with Crippen molar-refractivity contribution in [3.05, 3.63) is 29.3 Å². The third-order valence-corrected chi connectivity index (χ3v) is 3.48. The summed E-state index contributed by atoms with van der Waals surface area (Å²) in [5.74, 6) is 0.620. The van der Waals surface area contributed by atoms with Crippen LogP contribution in [0.5, 0.6) is 5.75 Å². The molecule has 0 atom stereocenters. The topological polar surface area (TPSA) is 37.3 Å². The second-order valence-electron chi connectivity index (χ2n) is 4.67. The molecule has 86 valence electrons. The van der Waals surface area contributed by atoms with Gasteiger partial charge in [0, 0.05) is 0 Å². The van der Waals surface area contributed by atoms with Crippen LogP contribution < -0.4 is 0 Å². The maximum Gasteiger partial charge on any atom is 0.163 e. The predicted molar refractivity (Wildman–Crippen MR) is 63.9 cm³/mol. The van der Waals surface area contributed by atoms with Gasteiger partial charge in [0.2, 0.25) is 0 Å². The molecular weight excluding hydrogens is 200 g/mol. The SMILES string of the molecule is CC(=O)c1cc(C2CCCCC2)ccc1O. The van der Waals surface area contributed by atoms with E-state index in [1.807, 2.05) is 12.1 Å². The molecule has 1 saturated carbocycles. The van der Waals surface area contributed by atoms with Gasteiger partial charge in [-0.2, -0.15) is 0 Å². The molecule has 1 aromatic carbocycles. The van der Waals surface area contributed by atoms with E-state index in [4.69, 9.17) is 0 Å². The lowest BCUT2D eigenvalue weighted by molar-refractivity contribution is 0.101. The summed E-state index contributed by atoms with van der Waals surface area (Å²) in [6.07, 6.45) is 6.31. The Hall–Kier alpha value is -1.31. The molecule has 1 aromatic rings. The van der Waals surface area contributed by atoms with Gasteiger partial charge in [-0.25, -0.2) is 0 Å². The average molecular weight is 218 g/mol. The summed E-state index contributed by atoms with van der Waals surface area (Å²) in [6, 6.07) is 5.48. The molecule has 0 aliphatic heterocycles. The predicted octanol–water partition coefficient (Wildman–Crippen LogP) is 3.64. The molecule has 0 spiro atoms. The highest BCUT2D eigenvalue weighted by molar-refractivity contribution is 5.96. The smallest absolute Gasteiger partial charge is 0.163 e. The minimum absolute atomic E-state index is 0.0600. The molecule has 0 aromatic heterocycles. The largest absolute Gasteiger partial charge is 0.507 e. The molecule has 16 heavy (non-hydrogen) atoms. The first kappa shape index (κ1) is 11.2. The van der Waals surface area contributed by atoms with Crippen molar-refractivity contribution in [3.63, 3.8) is 0 Å². The Labute approximate surface area is 96.3 Å². The van der Waals surface area contributed by atoms with Crippen molar-refractivity contribution in [1.82, 2.24) is 0 Å².